The molecule has 0 saturated heterocycles. The van der Waals surface area contributed by atoms with Crippen LogP contribution in [-0.4, -0.2) is 16.1 Å². The van der Waals surface area contributed by atoms with Crippen LogP contribution in [0.5, 0.6) is 0 Å². The molecule has 0 atom stereocenters. The van der Waals surface area contributed by atoms with Crippen LogP contribution in [0.25, 0.3) is 10.9 Å². The maximum absolute atomic E-state index is 13.3. The Bertz CT molecular complexity index is 691. The lowest BCUT2D eigenvalue weighted by Gasteiger charge is -2.07. The third kappa shape index (κ3) is 2.86. The summed E-state index contributed by atoms with van der Waals surface area (Å²) < 4.78 is 15.3. The number of benzene rings is 1. The standard InChI is InChI=1S/C16H16FN3/c17-15-4-3-14-5-8-20(16(14)10-15)9-7-19-12-13-2-1-6-18-11-13/h1-6,8,10-11,19H,7,9,12H2. The quantitative estimate of drug-likeness (QED) is 0.722. The molecule has 0 spiro atoms. The van der Waals surface area contributed by atoms with Crippen LogP contribution in [0.3, 0.4) is 0 Å². The first-order valence-electron chi connectivity index (χ1n) is 6.67. The number of nitrogens with one attached hydrogen (secondary N) is 1. The Morgan fingerprint density at radius 1 is 1.20 bits per heavy atom. The van der Waals surface area contributed by atoms with E-state index in [1.54, 1.807) is 12.3 Å². The minimum absolute atomic E-state index is 0.194. The van der Waals surface area contributed by atoms with Crippen molar-refractivity contribution in [1.29, 1.82) is 0 Å². The molecule has 0 saturated carbocycles. The summed E-state index contributed by atoms with van der Waals surface area (Å²) in [6.07, 6.45) is 5.62. The fraction of sp³-hybridized carbons (Fsp3) is 0.188. The predicted molar refractivity (Wildman–Crippen MR) is 77.8 cm³/mol. The van der Waals surface area contributed by atoms with Gasteiger partial charge >= 0.3 is 0 Å². The van der Waals surface area contributed by atoms with E-state index in [0.717, 1.165) is 36.1 Å². The molecule has 3 aromatic rings. The van der Waals surface area contributed by atoms with E-state index < -0.39 is 0 Å². The molecule has 4 heteroatoms. The summed E-state index contributed by atoms with van der Waals surface area (Å²) in [5.74, 6) is -0.194. The van der Waals surface area contributed by atoms with E-state index in [2.05, 4.69) is 14.9 Å². The molecular weight excluding hydrogens is 253 g/mol. The van der Waals surface area contributed by atoms with Crippen LogP contribution >= 0.6 is 0 Å². The molecule has 0 bridgehead atoms. The van der Waals surface area contributed by atoms with Gasteiger partial charge in [0.1, 0.15) is 5.82 Å². The number of nitrogens with zero attached hydrogens (tertiary/aromatic N) is 2. The van der Waals surface area contributed by atoms with Gasteiger partial charge in [-0.25, -0.2) is 4.39 Å². The summed E-state index contributed by atoms with van der Waals surface area (Å²) in [4.78, 5) is 4.08. The Morgan fingerprint density at radius 3 is 3.00 bits per heavy atom. The zero-order valence-electron chi connectivity index (χ0n) is 11.1. The van der Waals surface area contributed by atoms with Gasteiger partial charge in [-0.15, -0.1) is 0 Å². The third-order valence-corrected chi connectivity index (χ3v) is 3.32. The van der Waals surface area contributed by atoms with Crippen LogP contribution in [0.2, 0.25) is 0 Å². The first-order chi connectivity index (χ1) is 9.83. The second-order valence-electron chi connectivity index (χ2n) is 4.75. The Balaban J connectivity index is 1.59. The lowest BCUT2D eigenvalue weighted by Crippen LogP contribution is -2.19. The predicted octanol–water partition coefficient (Wildman–Crippen LogP) is 2.97. The first-order valence-corrected chi connectivity index (χ1v) is 6.67. The van der Waals surface area contributed by atoms with Gasteiger partial charge in [-0.05, 0) is 41.3 Å². The Labute approximate surface area is 117 Å². The number of halogens is 1. The molecule has 0 radical (unpaired) electrons. The Hall–Kier alpha value is -2.20. The fourth-order valence-corrected chi connectivity index (χ4v) is 2.29. The molecule has 102 valence electrons. The highest BCUT2D eigenvalue weighted by Crippen LogP contribution is 2.16. The van der Waals surface area contributed by atoms with Gasteiger partial charge in [-0.2, -0.15) is 0 Å². The van der Waals surface area contributed by atoms with Gasteiger partial charge in [0.05, 0.1) is 5.52 Å². The number of aromatic nitrogens is 2. The van der Waals surface area contributed by atoms with E-state index in [0.29, 0.717) is 0 Å². The van der Waals surface area contributed by atoms with Crippen LogP contribution in [-0.2, 0) is 13.1 Å². The normalized spacial score (nSPS) is 11.1. The zero-order valence-corrected chi connectivity index (χ0v) is 11.1. The molecule has 0 unspecified atom stereocenters. The summed E-state index contributed by atoms with van der Waals surface area (Å²) >= 11 is 0. The van der Waals surface area contributed by atoms with Crippen molar-refractivity contribution in [3.8, 4) is 0 Å². The highest BCUT2D eigenvalue weighted by Gasteiger charge is 2.02. The van der Waals surface area contributed by atoms with Gasteiger partial charge in [-0.1, -0.05) is 6.07 Å². The van der Waals surface area contributed by atoms with Gasteiger partial charge in [0.2, 0.25) is 0 Å². The lowest BCUT2D eigenvalue weighted by molar-refractivity contribution is 0.604. The van der Waals surface area contributed by atoms with E-state index >= 15 is 0 Å². The number of pyridine rings is 1. The summed E-state index contributed by atoms with van der Waals surface area (Å²) in [6.45, 7) is 2.43. The van der Waals surface area contributed by atoms with E-state index in [1.165, 1.54) is 6.07 Å². The molecule has 0 fully saturated rings. The van der Waals surface area contributed by atoms with Crippen LogP contribution in [0.4, 0.5) is 4.39 Å². The second-order valence-corrected chi connectivity index (χ2v) is 4.75. The molecule has 3 rings (SSSR count). The van der Waals surface area contributed by atoms with Crippen molar-refractivity contribution in [1.82, 2.24) is 14.9 Å². The average Bonchev–Trinajstić information content (AvgIpc) is 2.87. The van der Waals surface area contributed by atoms with Crippen LogP contribution in [0, 0.1) is 5.82 Å². The molecule has 2 heterocycles. The van der Waals surface area contributed by atoms with Gasteiger partial charge in [0, 0.05) is 38.2 Å². The average molecular weight is 269 g/mol. The van der Waals surface area contributed by atoms with Crippen LogP contribution in [0.1, 0.15) is 5.56 Å². The molecule has 1 aromatic carbocycles. The minimum Gasteiger partial charge on any atom is -0.346 e. The van der Waals surface area contributed by atoms with Crippen molar-refractivity contribution in [2.45, 2.75) is 13.1 Å². The van der Waals surface area contributed by atoms with Crippen molar-refractivity contribution in [3.63, 3.8) is 0 Å². The summed E-state index contributed by atoms with van der Waals surface area (Å²) in [6, 6.07) is 10.9. The topological polar surface area (TPSA) is 29.9 Å². The molecule has 2 aromatic heterocycles. The highest BCUT2D eigenvalue weighted by molar-refractivity contribution is 5.80. The molecule has 20 heavy (non-hydrogen) atoms. The minimum atomic E-state index is -0.194. The van der Waals surface area contributed by atoms with Crippen molar-refractivity contribution in [3.05, 3.63) is 66.4 Å². The number of fused-ring (bicyclic) bond motifs is 1. The maximum atomic E-state index is 13.3. The number of hydrogen-bond donors (Lipinski definition) is 1. The van der Waals surface area contributed by atoms with Gasteiger partial charge < -0.3 is 9.88 Å². The van der Waals surface area contributed by atoms with Crippen molar-refractivity contribution in [2.75, 3.05) is 6.54 Å². The fourth-order valence-electron chi connectivity index (χ4n) is 2.29. The highest BCUT2D eigenvalue weighted by atomic mass is 19.1. The summed E-state index contributed by atoms with van der Waals surface area (Å²) in [7, 11) is 0. The molecule has 0 aliphatic carbocycles. The molecule has 3 nitrogen and oxygen atoms in total. The Morgan fingerprint density at radius 2 is 2.15 bits per heavy atom. The zero-order chi connectivity index (χ0) is 13.8. The molecule has 0 amide bonds. The SMILES string of the molecule is Fc1ccc2ccn(CCNCc3cccnc3)c2c1. The van der Waals surface area contributed by atoms with Gasteiger partial charge in [-0.3, -0.25) is 4.98 Å². The first kappa shape index (κ1) is 12.8. The van der Waals surface area contributed by atoms with Gasteiger partial charge in [0.25, 0.3) is 0 Å². The molecule has 0 aliphatic rings. The molecule has 0 aliphatic heterocycles. The van der Waals surface area contributed by atoms with E-state index in [1.807, 2.05) is 36.7 Å². The van der Waals surface area contributed by atoms with Crippen LogP contribution in [0.15, 0.2) is 55.0 Å². The summed E-state index contributed by atoms with van der Waals surface area (Å²) in [5, 5.41) is 4.43. The second kappa shape index (κ2) is 5.84. The lowest BCUT2D eigenvalue weighted by atomic mass is 10.2. The van der Waals surface area contributed by atoms with Crippen LogP contribution < -0.4 is 5.32 Å². The number of hydrogen-bond acceptors (Lipinski definition) is 2. The van der Waals surface area contributed by atoms with E-state index in [-0.39, 0.29) is 5.82 Å². The molecule has 1 N–H and O–H groups in total. The van der Waals surface area contributed by atoms with E-state index in [4.69, 9.17) is 0 Å². The smallest absolute Gasteiger partial charge is 0.125 e. The molecular formula is C16H16FN3. The maximum Gasteiger partial charge on any atom is 0.125 e. The van der Waals surface area contributed by atoms with Crippen molar-refractivity contribution in [2.24, 2.45) is 0 Å². The van der Waals surface area contributed by atoms with Crippen molar-refractivity contribution >= 4 is 10.9 Å². The Kier molecular flexibility index (Phi) is 3.74. The van der Waals surface area contributed by atoms with Crippen molar-refractivity contribution < 1.29 is 4.39 Å². The monoisotopic (exact) mass is 269 g/mol. The third-order valence-electron chi connectivity index (χ3n) is 3.32. The summed E-state index contributed by atoms with van der Waals surface area (Å²) in [5.41, 5.74) is 2.10. The van der Waals surface area contributed by atoms with E-state index in [9.17, 15) is 4.39 Å². The largest absolute Gasteiger partial charge is 0.346 e. The van der Waals surface area contributed by atoms with Gasteiger partial charge in [0.15, 0.2) is 0 Å². The number of rotatable bonds is 5.